The molecule has 0 bridgehead atoms. The third-order valence-electron chi connectivity index (χ3n) is 4.85. The van der Waals surface area contributed by atoms with E-state index in [0.717, 1.165) is 25.7 Å². The van der Waals surface area contributed by atoms with Gasteiger partial charge in [0.1, 0.15) is 6.04 Å². The molecule has 7 nitrogen and oxygen atoms in total. The van der Waals surface area contributed by atoms with E-state index in [4.69, 9.17) is 0 Å². The molecule has 2 saturated heterocycles. The standard InChI is InChI=1S/C17H22N2O5S/c20-16(19-12-2-1-5-15(19)17(21)22)13-6-8-14(9-7-13)25(23,24)18-10-3-4-11-18/h6-9,15H,1-5,10-12H2,(H,21,22)/t15-/m0/s1. The van der Waals surface area contributed by atoms with Crippen molar-refractivity contribution in [2.24, 2.45) is 0 Å². The molecule has 1 atom stereocenters. The van der Waals surface area contributed by atoms with Gasteiger partial charge in [0, 0.05) is 25.2 Å². The van der Waals surface area contributed by atoms with Gasteiger partial charge in [-0.05, 0) is 56.4 Å². The van der Waals surface area contributed by atoms with Crippen LogP contribution in [0.15, 0.2) is 29.2 Å². The van der Waals surface area contributed by atoms with Gasteiger partial charge in [0.05, 0.1) is 4.90 Å². The zero-order valence-electron chi connectivity index (χ0n) is 13.9. The molecule has 2 fully saturated rings. The molecule has 0 aliphatic carbocycles. The molecule has 2 heterocycles. The Bertz CT molecular complexity index is 754. The topological polar surface area (TPSA) is 95.0 Å². The fraction of sp³-hybridized carbons (Fsp3) is 0.529. The van der Waals surface area contributed by atoms with Crippen molar-refractivity contribution in [1.29, 1.82) is 0 Å². The van der Waals surface area contributed by atoms with Gasteiger partial charge in [0.2, 0.25) is 10.0 Å². The van der Waals surface area contributed by atoms with E-state index in [1.807, 2.05) is 0 Å². The summed E-state index contributed by atoms with van der Waals surface area (Å²) in [6.07, 6.45) is 3.73. The number of likely N-dealkylation sites (tertiary alicyclic amines) is 1. The lowest BCUT2D eigenvalue weighted by Gasteiger charge is -2.33. The molecule has 0 unspecified atom stereocenters. The number of aliphatic carboxylic acids is 1. The highest BCUT2D eigenvalue weighted by molar-refractivity contribution is 7.89. The van der Waals surface area contributed by atoms with Gasteiger partial charge >= 0.3 is 5.97 Å². The van der Waals surface area contributed by atoms with Gasteiger partial charge in [-0.1, -0.05) is 0 Å². The van der Waals surface area contributed by atoms with Gasteiger partial charge in [-0.25, -0.2) is 13.2 Å². The SMILES string of the molecule is O=C(O)[C@@H]1CCCCN1C(=O)c1ccc(S(=O)(=O)N2CCCC2)cc1. The maximum Gasteiger partial charge on any atom is 0.326 e. The van der Waals surface area contributed by atoms with Gasteiger partial charge in [0.15, 0.2) is 0 Å². The summed E-state index contributed by atoms with van der Waals surface area (Å²) in [6.45, 7) is 1.46. The van der Waals surface area contributed by atoms with E-state index in [-0.39, 0.29) is 10.8 Å². The maximum atomic E-state index is 12.6. The number of sulfonamides is 1. The summed E-state index contributed by atoms with van der Waals surface area (Å²) < 4.78 is 26.5. The van der Waals surface area contributed by atoms with Crippen LogP contribution in [0, 0.1) is 0 Å². The zero-order valence-corrected chi connectivity index (χ0v) is 14.7. The molecule has 2 aliphatic rings. The number of benzene rings is 1. The molecule has 0 radical (unpaired) electrons. The molecule has 25 heavy (non-hydrogen) atoms. The Hall–Kier alpha value is -1.93. The molecule has 136 valence electrons. The maximum absolute atomic E-state index is 12.6. The smallest absolute Gasteiger partial charge is 0.326 e. The highest BCUT2D eigenvalue weighted by Gasteiger charge is 2.33. The molecular formula is C17H22N2O5S. The number of amides is 1. The molecule has 0 aromatic heterocycles. The average Bonchev–Trinajstić information content (AvgIpc) is 3.16. The van der Waals surface area contributed by atoms with E-state index in [1.54, 1.807) is 0 Å². The molecule has 1 amide bonds. The van der Waals surface area contributed by atoms with Crippen LogP contribution in [-0.2, 0) is 14.8 Å². The van der Waals surface area contributed by atoms with Crippen LogP contribution in [0.1, 0.15) is 42.5 Å². The molecule has 8 heteroatoms. The van der Waals surface area contributed by atoms with Crippen molar-refractivity contribution in [1.82, 2.24) is 9.21 Å². The summed E-state index contributed by atoms with van der Waals surface area (Å²) in [4.78, 5) is 25.5. The van der Waals surface area contributed by atoms with Crippen molar-refractivity contribution in [2.45, 2.75) is 43.0 Å². The first-order valence-electron chi connectivity index (χ1n) is 8.55. The van der Waals surface area contributed by atoms with Crippen LogP contribution >= 0.6 is 0 Å². The van der Waals surface area contributed by atoms with E-state index >= 15 is 0 Å². The second kappa shape index (κ2) is 7.13. The van der Waals surface area contributed by atoms with Gasteiger partial charge in [-0.2, -0.15) is 4.31 Å². The number of carboxylic acid groups (broad SMARTS) is 1. The lowest BCUT2D eigenvalue weighted by molar-refractivity contribution is -0.143. The summed E-state index contributed by atoms with van der Waals surface area (Å²) in [5, 5.41) is 9.30. The third kappa shape index (κ3) is 3.55. The van der Waals surface area contributed by atoms with E-state index in [9.17, 15) is 23.1 Å². The minimum absolute atomic E-state index is 0.166. The molecule has 2 aliphatic heterocycles. The number of carbonyl (C=O) groups is 2. The molecule has 3 rings (SSSR count). The summed E-state index contributed by atoms with van der Waals surface area (Å²) in [6, 6.07) is 4.99. The Morgan fingerprint density at radius 1 is 0.960 bits per heavy atom. The summed E-state index contributed by atoms with van der Waals surface area (Å²) >= 11 is 0. The number of piperidine rings is 1. The average molecular weight is 366 g/mol. The monoisotopic (exact) mass is 366 g/mol. The van der Waals surface area contributed by atoms with Crippen LogP contribution in [0.25, 0.3) is 0 Å². The Labute approximate surface area is 147 Å². The second-order valence-corrected chi connectivity index (χ2v) is 8.42. The summed E-state index contributed by atoms with van der Waals surface area (Å²) in [5.74, 6) is -1.36. The van der Waals surface area contributed by atoms with E-state index < -0.39 is 22.0 Å². The Balaban J connectivity index is 1.79. The largest absolute Gasteiger partial charge is 0.480 e. The number of hydrogen-bond donors (Lipinski definition) is 1. The van der Waals surface area contributed by atoms with Crippen LogP contribution in [0.4, 0.5) is 0 Å². The third-order valence-corrected chi connectivity index (χ3v) is 6.77. The predicted molar refractivity (Wildman–Crippen MR) is 90.7 cm³/mol. The Kier molecular flexibility index (Phi) is 5.10. The minimum atomic E-state index is -3.52. The lowest BCUT2D eigenvalue weighted by Crippen LogP contribution is -2.47. The van der Waals surface area contributed by atoms with Crippen LogP contribution in [0.5, 0.6) is 0 Å². The first-order chi connectivity index (χ1) is 11.9. The highest BCUT2D eigenvalue weighted by Crippen LogP contribution is 2.23. The molecule has 1 aromatic rings. The number of rotatable bonds is 4. The van der Waals surface area contributed by atoms with E-state index in [2.05, 4.69) is 0 Å². The number of hydrogen-bond acceptors (Lipinski definition) is 4. The fourth-order valence-corrected chi connectivity index (χ4v) is 4.96. The second-order valence-electron chi connectivity index (χ2n) is 6.48. The predicted octanol–water partition coefficient (Wildman–Crippen LogP) is 1.55. The Morgan fingerprint density at radius 2 is 1.56 bits per heavy atom. The first-order valence-corrected chi connectivity index (χ1v) is 9.99. The lowest BCUT2D eigenvalue weighted by atomic mass is 10.0. The normalized spacial score (nSPS) is 22.1. The Morgan fingerprint density at radius 3 is 2.16 bits per heavy atom. The number of nitrogens with zero attached hydrogens (tertiary/aromatic N) is 2. The van der Waals surface area contributed by atoms with Crippen molar-refractivity contribution >= 4 is 21.9 Å². The van der Waals surface area contributed by atoms with E-state index in [1.165, 1.54) is 33.5 Å². The van der Waals surface area contributed by atoms with Crippen molar-refractivity contribution in [3.63, 3.8) is 0 Å². The van der Waals surface area contributed by atoms with Gasteiger partial charge in [-0.3, -0.25) is 4.79 Å². The zero-order chi connectivity index (χ0) is 18.0. The van der Waals surface area contributed by atoms with Gasteiger partial charge < -0.3 is 10.0 Å². The van der Waals surface area contributed by atoms with Crippen LogP contribution < -0.4 is 0 Å². The van der Waals surface area contributed by atoms with Crippen LogP contribution in [0.3, 0.4) is 0 Å². The van der Waals surface area contributed by atoms with Crippen molar-refractivity contribution in [2.75, 3.05) is 19.6 Å². The van der Waals surface area contributed by atoms with Gasteiger partial charge in [-0.15, -0.1) is 0 Å². The molecule has 0 saturated carbocycles. The summed E-state index contributed by atoms with van der Waals surface area (Å²) in [5.41, 5.74) is 0.313. The molecule has 1 N–H and O–H groups in total. The number of carbonyl (C=O) groups excluding carboxylic acids is 1. The molecule has 0 spiro atoms. The fourth-order valence-electron chi connectivity index (χ4n) is 3.44. The highest BCUT2D eigenvalue weighted by atomic mass is 32.2. The van der Waals surface area contributed by atoms with Gasteiger partial charge in [0.25, 0.3) is 5.91 Å². The van der Waals surface area contributed by atoms with Crippen molar-refractivity contribution < 1.29 is 23.1 Å². The summed E-state index contributed by atoms with van der Waals surface area (Å²) in [7, 11) is -3.52. The molecular weight excluding hydrogens is 344 g/mol. The number of carboxylic acids is 1. The van der Waals surface area contributed by atoms with E-state index in [0.29, 0.717) is 31.6 Å². The van der Waals surface area contributed by atoms with Crippen LogP contribution in [0.2, 0.25) is 0 Å². The van der Waals surface area contributed by atoms with Crippen LogP contribution in [-0.4, -0.2) is 60.3 Å². The molecule has 1 aromatic carbocycles. The van der Waals surface area contributed by atoms with Crippen molar-refractivity contribution in [3.05, 3.63) is 29.8 Å². The quantitative estimate of drug-likeness (QED) is 0.872. The first kappa shape index (κ1) is 17.9. The van der Waals surface area contributed by atoms with Crippen molar-refractivity contribution in [3.8, 4) is 0 Å². The minimum Gasteiger partial charge on any atom is -0.480 e.